The number of rotatable bonds is 3. The van der Waals surface area contributed by atoms with Crippen LogP contribution in [0.3, 0.4) is 0 Å². The fraction of sp³-hybridized carbons (Fsp3) is 0.667. The first kappa shape index (κ1) is 9.82. The molecule has 3 rings (SSSR count). The summed E-state index contributed by atoms with van der Waals surface area (Å²) >= 11 is 1.83. The van der Waals surface area contributed by atoms with Gasteiger partial charge in [-0.3, -0.25) is 4.90 Å². The van der Waals surface area contributed by atoms with Crippen molar-refractivity contribution in [3.05, 3.63) is 22.4 Å². The van der Waals surface area contributed by atoms with Crippen molar-refractivity contribution < 1.29 is 0 Å². The minimum atomic E-state index is 0.721. The van der Waals surface area contributed by atoms with Crippen molar-refractivity contribution >= 4 is 11.3 Å². The van der Waals surface area contributed by atoms with Crippen molar-refractivity contribution in [1.29, 1.82) is 0 Å². The third-order valence-electron chi connectivity index (χ3n) is 3.50. The molecule has 3 heteroatoms. The first-order chi connectivity index (χ1) is 7.45. The topological polar surface area (TPSA) is 15.3 Å². The van der Waals surface area contributed by atoms with Gasteiger partial charge in [0.2, 0.25) is 0 Å². The first-order valence-electron chi connectivity index (χ1n) is 5.92. The van der Waals surface area contributed by atoms with Gasteiger partial charge in [-0.25, -0.2) is 0 Å². The monoisotopic (exact) mass is 222 g/mol. The van der Waals surface area contributed by atoms with Crippen molar-refractivity contribution in [1.82, 2.24) is 10.2 Å². The average molecular weight is 222 g/mol. The van der Waals surface area contributed by atoms with Gasteiger partial charge in [0, 0.05) is 32.2 Å². The maximum atomic E-state index is 3.44. The zero-order valence-corrected chi connectivity index (χ0v) is 9.80. The standard InChI is InChI=1S/C12H18N2S/c1-2-10(1)12(11-3-8-15-9-11)14-6-4-13-5-7-14/h3,8-10,12-13H,1-2,4-7H2/t12-/m1/s1. The van der Waals surface area contributed by atoms with E-state index < -0.39 is 0 Å². The molecular formula is C12H18N2S. The van der Waals surface area contributed by atoms with Crippen LogP contribution in [0.5, 0.6) is 0 Å². The van der Waals surface area contributed by atoms with Crippen molar-refractivity contribution in [2.45, 2.75) is 18.9 Å². The number of thiophene rings is 1. The van der Waals surface area contributed by atoms with E-state index in [1.54, 1.807) is 5.56 Å². The Morgan fingerprint density at radius 3 is 2.73 bits per heavy atom. The Morgan fingerprint density at radius 1 is 1.33 bits per heavy atom. The fourth-order valence-corrected chi connectivity index (χ4v) is 3.29. The minimum absolute atomic E-state index is 0.721. The summed E-state index contributed by atoms with van der Waals surface area (Å²) in [6.07, 6.45) is 2.87. The molecule has 1 aliphatic carbocycles. The van der Waals surface area contributed by atoms with Gasteiger partial charge >= 0.3 is 0 Å². The van der Waals surface area contributed by atoms with E-state index in [-0.39, 0.29) is 0 Å². The van der Waals surface area contributed by atoms with Gasteiger partial charge in [-0.05, 0) is 41.1 Å². The Bertz CT molecular complexity index is 299. The second-order valence-corrected chi connectivity index (χ2v) is 5.40. The zero-order valence-electron chi connectivity index (χ0n) is 8.98. The SMILES string of the molecule is c1cc([C@@H](C2CC2)N2CCNCC2)cs1. The summed E-state index contributed by atoms with van der Waals surface area (Å²) in [5.74, 6) is 0.942. The predicted molar refractivity (Wildman–Crippen MR) is 64.2 cm³/mol. The maximum absolute atomic E-state index is 3.44. The molecule has 1 saturated heterocycles. The molecule has 0 radical (unpaired) electrons. The third-order valence-corrected chi connectivity index (χ3v) is 4.20. The largest absolute Gasteiger partial charge is 0.314 e. The van der Waals surface area contributed by atoms with Gasteiger partial charge in [0.05, 0.1) is 0 Å². The van der Waals surface area contributed by atoms with Crippen LogP contribution in [-0.2, 0) is 0 Å². The van der Waals surface area contributed by atoms with Crippen molar-refractivity contribution in [3.63, 3.8) is 0 Å². The fourth-order valence-electron chi connectivity index (χ4n) is 2.60. The van der Waals surface area contributed by atoms with E-state index in [1.165, 1.54) is 25.9 Å². The second kappa shape index (κ2) is 4.24. The summed E-state index contributed by atoms with van der Waals surface area (Å²) in [4.78, 5) is 2.68. The first-order valence-corrected chi connectivity index (χ1v) is 6.86. The molecule has 1 atom stereocenters. The summed E-state index contributed by atoms with van der Waals surface area (Å²) in [5.41, 5.74) is 1.56. The molecule has 2 nitrogen and oxygen atoms in total. The van der Waals surface area contributed by atoms with E-state index in [2.05, 4.69) is 27.0 Å². The average Bonchev–Trinajstić information content (AvgIpc) is 2.96. The summed E-state index contributed by atoms with van der Waals surface area (Å²) in [5, 5.41) is 7.99. The lowest BCUT2D eigenvalue weighted by Gasteiger charge is -2.35. The highest BCUT2D eigenvalue weighted by Gasteiger charge is 2.36. The van der Waals surface area contributed by atoms with Crippen molar-refractivity contribution in [2.24, 2.45) is 5.92 Å². The van der Waals surface area contributed by atoms with E-state index in [9.17, 15) is 0 Å². The Kier molecular flexibility index (Phi) is 2.77. The Balaban J connectivity index is 1.77. The highest BCUT2D eigenvalue weighted by Crippen LogP contribution is 2.45. The summed E-state index contributed by atoms with van der Waals surface area (Å²) in [6.45, 7) is 4.76. The zero-order chi connectivity index (χ0) is 10.1. The smallest absolute Gasteiger partial charge is 0.0385 e. The lowest BCUT2D eigenvalue weighted by molar-refractivity contribution is 0.156. The molecule has 2 heterocycles. The molecule has 2 fully saturated rings. The number of hydrogen-bond acceptors (Lipinski definition) is 3. The third kappa shape index (κ3) is 2.10. The van der Waals surface area contributed by atoms with Gasteiger partial charge in [-0.15, -0.1) is 0 Å². The lowest BCUT2D eigenvalue weighted by Crippen LogP contribution is -2.45. The van der Waals surface area contributed by atoms with E-state index in [1.807, 2.05) is 11.3 Å². The van der Waals surface area contributed by atoms with Crippen LogP contribution in [-0.4, -0.2) is 31.1 Å². The van der Waals surface area contributed by atoms with E-state index in [0.29, 0.717) is 0 Å². The van der Waals surface area contributed by atoms with Crippen LogP contribution >= 0.6 is 11.3 Å². The number of nitrogens with one attached hydrogen (secondary N) is 1. The Labute approximate surface area is 95.3 Å². The highest BCUT2D eigenvalue weighted by molar-refractivity contribution is 7.07. The van der Waals surface area contributed by atoms with Crippen LogP contribution in [0.15, 0.2) is 16.8 Å². The molecule has 1 saturated carbocycles. The number of nitrogens with zero attached hydrogens (tertiary/aromatic N) is 1. The molecule has 82 valence electrons. The molecule has 1 aromatic rings. The Morgan fingerprint density at radius 2 is 2.13 bits per heavy atom. The highest BCUT2D eigenvalue weighted by atomic mass is 32.1. The van der Waals surface area contributed by atoms with Gasteiger partial charge < -0.3 is 5.32 Å². The van der Waals surface area contributed by atoms with Gasteiger partial charge in [0.15, 0.2) is 0 Å². The summed E-state index contributed by atoms with van der Waals surface area (Å²) < 4.78 is 0. The van der Waals surface area contributed by atoms with Crippen LogP contribution in [0.1, 0.15) is 24.4 Å². The minimum Gasteiger partial charge on any atom is -0.314 e. The second-order valence-electron chi connectivity index (χ2n) is 4.62. The van der Waals surface area contributed by atoms with Crippen LogP contribution < -0.4 is 5.32 Å². The van der Waals surface area contributed by atoms with E-state index >= 15 is 0 Å². The molecule has 0 unspecified atom stereocenters. The molecule has 1 aliphatic heterocycles. The molecule has 2 aliphatic rings. The molecule has 0 aromatic carbocycles. The predicted octanol–water partition coefficient (Wildman–Crippen LogP) is 2.10. The molecule has 0 bridgehead atoms. The number of piperazine rings is 1. The van der Waals surface area contributed by atoms with E-state index in [0.717, 1.165) is 25.0 Å². The van der Waals surface area contributed by atoms with Crippen LogP contribution in [0.25, 0.3) is 0 Å². The van der Waals surface area contributed by atoms with Gasteiger partial charge in [0.25, 0.3) is 0 Å². The van der Waals surface area contributed by atoms with Gasteiger partial charge in [-0.2, -0.15) is 11.3 Å². The number of hydrogen-bond donors (Lipinski definition) is 1. The lowest BCUT2D eigenvalue weighted by atomic mass is 10.0. The molecule has 1 N–H and O–H groups in total. The molecule has 1 aromatic heterocycles. The van der Waals surface area contributed by atoms with Gasteiger partial charge in [-0.1, -0.05) is 0 Å². The normalized spacial score (nSPS) is 25.3. The summed E-state index contributed by atoms with van der Waals surface area (Å²) in [6, 6.07) is 3.04. The maximum Gasteiger partial charge on any atom is 0.0385 e. The quantitative estimate of drug-likeness (QED) is 0.842. The van der Waals surface area contributed by atoms with Crippen LogP contribution in [0.2, 0.25) is 0 Å². The van der Waals surface area contributed by atoms with Gasteiger partial charge in [0.1, 0.15) is 0 Å². The molecule has 0 amide bonds. The molecular weight excluding hydrogens is 204 g/mol. The van der Waals surface area contributed by atoms with Crippen molar-refractivity contribution in [3.8, 4) is 0 Å². The van der Waals surface area contributed by atoms with Crippen molar-refractivity contribution in [2.75, 3.05) is 26.2 Å². The van der Waals surface area contributed by atoms with E-state index in [4.69, 9.17) is 0 Å². The summed E-state index contributed by atoms with van der Waals surface area (Å²) in [7, 11) is 0. The Hall–Kier alpha value is -0.380. The molecule has 15 heavy (non-hydrogen) atoms. The van der Waals surface area contributed by atoms with Crippen LogP contribution in [0, 0.1) is 5.92 Å². The molecule has 0 spiro atoms. The van der Waals surface area contributed by atoms with Crippen LogP contribution in [0.4, 0.5) is 0 Å².